The third-order valence-corrected chi connectivity index (χ3v) is 5.60. The van der Waals surface area contributed by atoms with Crippen LogP contribution in [0.5, 0.6) is 0 Å². The minimum Gasteiger partial charge on any atom is -0.476 e. The Hall–Kier alpha value is -3.47. The van der Waals surface area contributed by atoms with E-state index in [0.717, 1.165) is 0 Å². The first kappa shape index (κ1) is 32.6. The highest BCUT2D eigenvalue weighted by atomic mass is 35.5. The molecule has 1 N–H and O–H groups in total. The first-order valence-corrected chi connectivity index (χ1v) is 12.2. The van der Waals surface area contributed by atoms with Gasteiger partial charge in [-0.2, -0.15) is 4.99 Å². The Balaban J connectivity index is 0.000000286. The number of aromatic carboxylic acids is 1. The predicted molar refractivity (Wildman–Crippen MR) is 141 cm³/mol. The van der Waals surface area contributed by atoms with Gasteiger partial charge in [-0.25, -0.2) is 18.0 Å². The van der Waals surface area contributed by atoms with Crippen LogP contribution in [-0.2, 0) is 19.6 Å². The Morgan fingerprint density at radius 2 is 1.16 bits per heavy atom. The molecular weight excluding hydrogens is 545 g/mol. The van der Waals surface area contributed by atoms with Crippen LogP contribution in [0.1, 0.15) is 68.9 Å². The quantitative estimate of drug-likeness (QED) is 0.216. The van der Waals surface area contributed by atoms with E-state index in [-0.39, 0.29) is 17.1 Å². The number of hydrogen-bond acceptors (Lipinski definition) is 4. The van der Waals surface area contributed by atoms with Gasteiger partial charge in [-0.3, -0.25) is 9.59 Å². The minimum absolute atomic E-state index is 0.0448. The van der Waals surface area contributed by atoms with Crippen molar-refractivity contribution in [3.63, 3.8) is 0 Å². The predicted octanol–water partition coefficient (Wildman–Crippen LogP) is 6.19. The maximum absolute atomic E-state index is 13.4. The van der Waals surface area contributed by atoms with Crippen LogP contribution in [0.15, 0.2) is 23.6 Å². The van der Waals surface area contributed by atoms with Gasteiger partial charge in [-0.05, 0) is 65.4 Å². The van der Waals surface area contributed by atoms with Gasteiger partial charge in [-0.15, -0.1) is 0 Å². The third kappa shape index (κ3) is 7.53. The van der Waals surface area contributed by atoms with E-state index in [2.05, 4.69) is 17.2 Å². The second-order valence-corrected chi connectivity index (χ2v) is 8.40. The fraction of sp³-hybridized carbons (Fsp3) is 0.360. The maximum Gasteiger partial charge on any atom is 0.355 e. The van der Waals surface area contributed by atoms with E-state index < -0.39 is 34.6 Å². The topological polar surface area (TPSA) is 98.6 Å². The molecule has 3 rings (SSSR count). The molecule has 0 saturated carbocycles. The Labute approximate surface area is 228 Å². The number of nitrogens with zero attached hydrogens (tertiary/aromatic N) is 4. The van der Waals surface area contributed by atoms with Crippen molar-refractivity contribution in [2.75, 3.05) is 0 Å². The molecule has 0 fully saturated rings. The van der Waals surface area contributed by atoms with E-state index >= 15 is 0 Å². The normalized spacial score (nSPS) is 10.1. The highest BCUT2D eigenvalue weighted by molar-refractivity contribution is 7.78. The number of amides is 1. The summed E-state index contributed by atoms with van der Waals surface area (Å²) in [7, 11) is 0. The van der Waals surface area contributed by atoms with Crippen molar-refractivity contribution in [1.29, 1.82) is 0 Å². The van der Waals surface area contributed by atoms with Crippen LogP contribution in [0.4, 0.5) is 13.2 Å². The Morgan fingerprint density at radius 1 is 0.816 bits per heavy atom. The molecule has 0 aromatic carbocycles. The fourth-order valence-electron chi connectivity index (χ4n) is 3.48. The van der Waals surface area contributed by atoms with E-state index in [1.165, 1.54) is 19.9 Å². The summed E-state index contributed by atoms with van der Waals surface area (Å²) in [6, 6.07) is 0. The van der Waals surface area contributed by atoms with Crippen molar-refractivity contribution in [2.45, 2.75) is 61.2 Å². The Kier molecular flexibility index (Phi) is 12.4. The number of aryl methyl sites for hydroxylation is 6. The lowest BCUT2D eigenvalue weighted by molar-refractivity contribution is 0.0679. The third-order valence-electron chi connectivity index (χ3n) is 5.33. The number of carboxylic acid groups (broad SMARTS) is 1. The molecule has 13 heteroatoms. The first-order chi connectivity index (χ1) is 17.8. The number of thiocarbonyl (C=S) groups is 1. The summed E-state index contributed by atoms with van der Waals surface area (Å²) < 4.78 is 44.0. The molecule has 3 heterocycles. The Bertz CT molecular complexity index is 1320. The second-order valence-electron chi connectivity index (χ2n) is 7.87. The molecule has 1 amide bonds. The van der Waals surface area contributed by atoms with Crippen LogP contribution in [0, 0.1) is 38.2 Å². The molecule has 0 aliphatic rings. The van der Waals surface area contributed by atoms with Crippen LogP contribution in [0.25, 0.3) is 0 Å². The van der Waals surface area contributed by atoms with Crippen molar-refractivity contribution in [1.82, 2.24) is 13.7 Å². The average molecular weight is 573 g/mol. The van der Waals surface area contributed by atoms with Gasteiger partial charge in [0, 0.05) is 54.9 Å². The number of rotatable bonds is 6. The van der Waals surface area contributed by atoms with Gasteiger partial charge in [0.15, 0.2) is 23.1 Å². The molecule has 0 saturated heterocycles. The summed E-state index contributed by atoms with van der Waals surface area (Å²) in [5, 5.41) is 9.81. The lowest BCUT2D eigenvalue weighted by Gasteiger charge is -2.00. The number of aromatic nitrogens is 3. The van der Waals surface area contributed by atoms with Crippen LogP contribution in [0.2, 0.25) is 0 Å². The van der Waals surface area contributed by atoms with Gasteiger partial charge in [0.2, 0.25) is 0 Å². The summed E-state index contributed by atoms with van der Waals surface area (Å²) in [5.74, 6) is -3.60. The van der Waals surface area contributed by atoms with E-state index in [0.29, 0.717) is 36.3 Å². The van der Waals surface area contributed by atoms with Gasteiger partial charge in [0.1, 0.15) is 11.4 Å². The van der Waals surface area contributed by atoms with Gasteiger partial charge in [0.05, 0.1) is 5.16 Å². The lowest BCUT2D eigenvalue weighted by Crippen LogP contribution is -2.08. The number of halogens is 4. The highest BCUT2D eigenvalue weighted by Gasteiger charge is 2.20. The van der Waals surface area contributed by atoms with Crippen molar-refractivity contribution in [3.05, 3.63) is 69.8 Å². The molecular formula is C25H28ClF3N4O4S. The summed E-state index contributed by atoms with van der Waals surface area (Å²) in [6.07, 6.45) is 4.64. The largest absolute Gasteiger partial charge is 0.476 e. The molecule has 0 atom stereocenters. The molecule has 0 bridgehead atoms. The molecule has 0 aliphatic carbocycles. The van der Waals surface area contributed by atoms with Crippen LogP contribution >= 0.6 is 23.8 Å². The number of carbonyl (C=O) groups is 3. The summed E-state index contributed by atoms with van der Waals surface area (Å²) >= 11 is 9.49. The van der Waals surface area contributed by atoms with E-state index in [4.69, 9.17) is 16.7 Å². The average Bonchev–Trinajstić information content (AvgIpc) is 3.44. The molecule has 0 aliphatic heterocycles. The standard InChI is InChI=1S/C9H9FN2OS.C8H9ClFNO.C8H10FNO2/c1-3-12-4-6(2)7(10)8(12)9(13)11-5-14;1-3-11-4-5(2)6(10)7(11)8(9)12;1-3-10-4-5(2)6(9)7(10)8(11)12/h4H,3H2,1-2H3;4H,3H2,1-2H3;4H,3H2,1-2H3,(H,11,12). The molecule has 3 aromatic heterocycles. The molecule has 8 nitrogen and oxygen atoms in total. The Morgan fingerprint density at radius 3 is 1.45 bits per heavy atom. The van der Waals surface area contributed by atoms with Crippen molar-refractivity contribution < 1.29 is 32.7 Å². The molecule has 38 heavy (non-hydrogen) atoms. The van der Waals surface area contributed by atoms with Crippen molar-refractivity contribution in [3.8, 4) is 0 Å². The summed E-state index contributed by atoms with van der Waals surface area (Å²) in [6.45, 7) is 11.7. The van der Waals surface area contributed by atoms with Gasteiger partial charge in [0.25, 0.3) is 5.24 Å². The van der Waals surface area contributed by atoms with E-state index in [9.17, 15) is 27.6 Å². The van der Waals surface area contributed by atoms with Crippen molar-refractivity contribution >= 4 is 46.1 Å². The number of carboxylic acids is 1. The van der Waals surface area contributed by atoms with Crippen LogP contribution in [0.3, 0.4) is 0 Å². The second kappa shape index (κ2) is 14.5. The number of hydrogen-bond donors (Lipinski definition) is 1. The number of aliphatic imine (C=N–C) groups is 1. The number of carbonyl (C=O) groups excluding carboxylic acids is 2. The first-order valence-electron chi connectivity index (χ1n) is 11.4. The molecule has 3 aromatic rings. The van der Waals surface area contributed by atoms with Crippen molar-refractivity contribution in [2.24, 2.45) is 4.99 Å². The lowest BCUT2D eigenvalue weighted by atomic mass is 10.3. The monoisotopic (exact) mass is 572 g/mol. The SMILES string of the molecule is CCn1cc(C)c(F)c1C(=O)Cl.CCn1cc(C)c(F)c1C(=O)N=C=S.CCn1cc(C)c(F)c1C(=O)O. The van der Waals surface area contributed by atoms with Crippen LogP contribution in [-0.4, -0.2) is 41.1 Å². The van der Waals surface area contributed by atoms with Gasteiger partial charge < -0.3 is 18.8 Å². The number of isothiocyanates is 1. The van der Waals surface area contributed by atoms with Gasteiger partial charge >= 0.3 is 11.9 Å². The summed E-state index contributed by atoms with van der Waals surface area (Å²) in [4.78, 5) is 35.9. The minimum atomic E-state index is -1.22. The smallest absolute Gasteiger partial charge is 0.355 e. The maximum atomic E-state index is 13.4. The molecule has 0 spiro atoms. The van der Waals surface area contributed by atoms with E-state index in [1.54, 1.807) is 40.1 Å². The molecule has 0 unspecified atom stereocenters. The molecule has 206 valence electrons. The zero-order chi connectivity index (χ0) is 29.3. The summed E-state index contributed by atoms with van der Waals surface area (Å²) in [5.41, 5.74) is 0.888. The zero-order valence-electron chi connectivity index (χ0n) is 21.7. The zero-order valence-corrected chi connectivity index (χ0v) is 23.3. The highest BCUT2D eigenvalue weighted by Crippen LogP contribution is 2.17. The molecule has 0 radical (unpaired) electrons. The van der Waals surface area contributed by atoms with Gasteiger partial charge in [-0.1, -0.05) is 0 Å². The fourth-order valence-corrected chi connectivity index (χ4v) is 3.75. The van der Waals surface area contributed by atoms with Crippen LogP contribution < -0.4 is 0 Å². The van der Waals surface area contributed by atoms with E-state index in [1.807, 2.05) is 19.0 Å².